The van der Waals surface area contributed by atoms with Gasteiger partial charge in [0.25, 0.3) is 10.0 Å². The Morgan fingerprint density at radius 2 is 1.93 bits per heavy atom. The molecule has 218 valence electrons. The molecule has 0 amide bonds. The molecule has 2 aromatic carbocycles. The minimum Gasteiger partial charge on any atom is -0.464 e. The fraction of sp³-hybridized carbons (Fsp3) is 0.321. The second-order valence-electron chi connectivity index (χ2n) is 9.61. The van der Waals surface area contributed by atoms with Crippen molar-refractivity contribution in [1.82, 2.24) is 19.4 Å². The Morgan fingerprint density at radius 1 is 1.12 bits per heavy atom. The third-order valence-corrected chi connectivity index (χ3v) is 8.60. The van der Waals surface area contributed by atoms with Gasteiger partial charge >= 0.3 is 5.97 Å². The molecule has 0 aliphatic heterocycles. The highest BCUT2D eigenvalue weighted by Gasteiger charge is 2.29. The van der Waals surface area contributed by atoms with Gasteiger partial charge in [-0.15, -0.1) is 0 Å². The summed E-state index contributed by atoms with van der Waals surface area (Å²) in [6.07, 6.45) is 6.72. The Labute approximate surface area is 253 Å². The van der Waals surface area contributed by atoms with Crippen molar-refractivity contribution in [3.63, 3.8) is 0 Å². The highest BCUT2D eigenvalue weighted by Crippen LogP contribution is 2.31. The number of hydrogen-bond acceptors (Lipinski definition) is 8. The lowest BCUT2D eigenvalue weighted by Gasteiger charge is -2.24. The smallest absolute Gasteiger partial charge is 0.326 e. The van der Waals surface area contributed by atoms with Gasteiger partial charge in [-0.1, -0.05) is 40.9 Å². The number of nitrogens with zero attached hydrogens (tertiary/aromatic N) is 5. The third-order valence-electron chi connectivity index (χ3n) is 6.17. The van der Waals surface area contributed by atoms with Crippen LogP contribution in [0.5, 0.6) is 0 Å². The quantitative estimate of drug-likeness (QED) is 0.151. The Hall–Kier alpha value is -3.19. The highest BCUT2D eigenvalue weighted by atomic mass is 79.9. The third kappa shape index (κ3) is 7.76. The number of unbranched alkanes of at least 4 members (excludes halogenated alkanes) is 1. The standard InChI is InChI=1S/C28H32BrClN6O4S/c1-4-5-12-40-28(37)19-36(41(38,39)24-15-21(29)14-22(30)16-24)23-6-7-25-20(13-23)8-10-35(25)27-18-32-26(17-33-27)31-9-11-34(2)3/h6-8,10,13-18H,4-5,9,11-12,19H2,1-3H3,(H,31,32). The summed E-state index contributed by atoms with van der Waals surface area (Å²) >= 11 is 9.46. The zero-order chi connectivity index (χ0) is 29.6. The molecule has 4 rings (SSSR count). The predicted octanol–water partition coefficient (Wildman–Crippen LogP) is 5.35. The maximum absolute atomic E-state index is 13.8. The minimum absolute atomic E-state index is 0.0505. The number of esters is 1. The molecular weight excluding hydrogens is 632 g/mol. The van der Waals surface area contributed by atoms with Crippen molar-refractivity contribution >= 4 is 65.9 Å². The first kappa shape index (κ1) is 30.8. The van der Waals surface area contributed by atoms with E-state index >= 15 is 0 Å². The van der Waals surface area contributed by atoms with Gasteiger partial charge in [-0.25, -0.2) is 18.4 Å². The van der Waals surface area contributed by atoms with Crippen LogP contribution >= 0.6 is 27.5 Å². The van der Waals surface area contributed by atoms with Crippen LogP contribution in [0.15, 0.2) is 70.4 Å². The van der Waals surface area contributed by atoms with Crippen molar-refractivity contribution in [2.75, 3.05) is 50.0 Å². The Kier molecular flexibility index (Phi) is 10.2. The van der Waals surface area contributed by atoms with E-state index in [-0.39, 0.29) is 16.5 Å². The topological polar surface area (TPSA) is 110 Å². The van der Waals surface area contributed by atoms with Gasteiger partial charge in [0.1, 0.15) is 12.4 Å². The fourth-order valence-corrected chi connectivity index (χ4v) is 6.59. The van der Waals surface area contributed by atoms with E-state index < -0.39 is 22.5 Å². The van der Waals surface area contributed by atoms with E-state index in [1.807, 2.05) is 37.8 Å². The molecular formula is C28H32BrClN6O4S. The number of hydrogen-bond donors (Lipinski definition) is 1. The maximum atomic E-state index is 13.8. The van der Waals surface area contributed by atoms with Gasteiger partial charge in [0.05, 0.1) is 35.1 Å². The first-order valence-electron chi connectivity index (χ1n) is 13.0. The molecule has 0 fully saturated rings. The average molecular weight is 664 g/mol. The second kappa shape index (κ2) is 13.6. The molecule has 2 aromatic heterocycles. The van der Waals surface area contributed by atoms with Gasteiger partial charge in [0, 0.05) is 34.2 Å². The van der Waals surface area contributed by atoms with E-state index in [0.29, 0.717) is 28.2 Å². The molecule has 0 bridgehead atoms. The number of nitrogens with one attached hydrogen (secondary N) is 1. The number of carbonyl (C=O) groups excluding carboxylic acids is 1. The van der Waals surface area contributed by atoms with Crippen LogP contribution < -0.4 is 9.62 Å². The molecule has 0 unspecified atom stereocenters. The van der Waals surface area contributed by atoms with Crippen LogP contribution in [0.25, 0.3) is 16.7 Å². The molecule has 4 aromatic rings. The molecule has 1 N–H and O–H groups in total. The first-order valence-corrected chi connectivity index (χ1v) is 15.7. The zero-order valence-electron chi connectivity index (χ0n) is 23.0. The number of likely N-dealkylation sites (N-methyl/N-ethyl adjacent to an activating group) is 1. The molecule has 0 radical (unpaired) electrons. The summed E-state index contributed by atoms with van der Waals surface area (Å²) in [5, 5.41) is 4.24. The van der Waals surface area contributed by atoms with Gasteiger partial charge in [0.15, 0.2) is 5.82 Å². The molecule has 2 heterocycles. The lowest BCUT2D eigenvalue weighted by Crippen LogP contribution is -2.36. The number of carbonyl (C=O) groups is 1. The summed E-state index contributed by atoms with van der Waals surface area (Å²) in [6, 6.07) is 11.4. The molecule has 41 heavy (non-hydrogen) atoms. The van der Waals surface area contributed by atoms with Gasteiger partial charge in [-0.3, -0.25) is 13.7 Å². The number of fused-ring (bicyclic) bond motifs is 1. The number of ether oxygens (including phenoxy) is 1. The van der Waals surface area contributed by atoms with Crippen molar-refractivity contribution in [2.45, 2.75) is 24.7 Å². The summed E-state index contributed by atoms with van der Waals surface area (Å²) in [5.41, 5.74) is 1.11. The number of anilines is 2. The van der Waals surface area contributed by atoms with Gasteiger partial charge in [0.2, 0.25) is 0 Å². The zero-order valence-corrected chi connectivity index (χ0v) is 26.2. The normalized spacial score (nSPS) is 11.7. The van der Waals surface area contributed by atoms with Crippen molar-refractivity contribution in [2.24, 2.45) is 0 Å². The van der Waals surface area contributed by atoms with E-state index in [0.717, 1.165) is 34.7 Å². The van der Waals surface area contributed by atoms with Crippen molar-refractivity contribution < 1.29 is 17.9 Å². The molecule has 0 spiro atoms. The SMILES string of the molecule is CCCCOC(=O)CN(c1ccc2c(ccn2-c2cnc(NCCN(C)C)cn2)c1)S(=O)(=O)c1cc(Cl)cc(Br)c1. The van der Waals surface area contributed by atoms with Crippen LogP contribution in [-0.2, 0) is 19.6 Å². The minimum atomic E-state index is -4.18. The van der Waals surface area contributed by atoms with Crippen LogP contribution in [-0.4, -0.2) is 74.2 Å². The summed E-state index contributed by atoms with van der Waals surface area (Å²) in [4.78, 5) is 23.7. The molecule has 0 aliphatic rings. The second-order valence-corrected chi connectivity index (χ2v) is 12.8. The monoisotopic (exact) mass is 662 g/mol. The number of rotatable bonds is 13. The molecule has 0 saturated carbocycles. The van der Waals surface area contributed by atoms with Crippen LogP contribution in [0.2, 0.25) is 5.02 Å². The molecule has 0 atom stereocenters. The molecule has 13 heteroatoms. The van der Waals surface area contributed by atoms with Crippen LogP contribution in [0, 0.1) is 0 Å². The number of sulfonamides is 1. The molecule has 10 nitrogen and oxygen atoms in total. The van der Waals surface area contributed by atoms with E-state index in [2.05, 4.69) is 36.1 Å². The lowest BCUT2D eigenvalue weighted by molar-refractivity contribution is -0.141. The molecule has 0 aliphatic carbocycles. The maximum Gasteiger partial charge on any atom is 0.326 e. The largest absolute Gasteiger partial charge is 0.464 e. The van der Waals surface area contributed by atoms with E-state index in [1.165, 1.54) is 12.1 Å². The van der Waals surface area contributed by atoms with Gasteiger partial charge in [-0.2, -0.15) is 0 Å². The number of halogens is 2. The number of aromatic nitrogens is 3. The predicted molar refractivity (Wildman–Crippen MR) is 165 cm³/mol. The van der Waals surface area contributed by atoms with E-state index in [1.54, 1.807) is 36.7 Å². The Balaban J connectivity index is 1.65. The summed E-state index contributed by atoms with van der Waals surface area (Å²) < 4.78 is 36.3. The van der Waals surface area contributed by atoms with Crippen LogP contribution in [0.1, 0.15) is 19.8 Å². The Bertz CT molecular complexity index is 1590. The van der Waals surface area contributed by atoms with Crippen molar-refractivity contribution in [3.8, 4) is 5.82 Å². The van der Waals surface area contributed by atoms with Crippen LogP contribution in [0.3, 0.4) is 0 Å². The van der Waals surface area contributed by atoms with Crippen molar-refractivity contribution in [1.29, 1.82) is 0 Å². The summed E-state index contributed by atoms with van der Waals surface area (Å²) in [6.45, 7) is 3.32. The fourth-order valence-electron chi connectivity index (χ4n) is 4.04. The molecule has 0 saturated heterocycles. The Morgan fingerprint density at radius 3 is 2.61 bits per heavy atom. The van der Waals surface area contributed by atoms with E-state index in [9.17, 15) is 13.2 Å². The summed E-state index contributed by atoms with van der Waals surface area (Å²) in [5.74, 6) is 0.641. The van der Waals surface area contributed by atoms with Gasteiger partial charge in [-0.05, 0) is 63.0 Å². The van der Waals surface area contributed by atoms with Crippen molar-refractivity contribution in [3.05, 3.63) is 70.6 Å². The first-order chi connectivity index (χ1) is 19.6. The average Bonchev–Trinajstić information content (AvgIpc) is 3.35. The number of benzene rings is 2. The highest BCUT2D eigenvalue weighted by molar-refractivity contribution is 9.10. The van der Waals surface area contributed by atoms with Gasteiger partial charge < -0.3 is 15.0 Å². The van der Waals surface area contributed by atoms with E-state index in [4.69, 9.17) is 16.3 Å². The van der Waals surface area contributed by atoms with Crippen LogP contribution in [0.4, 0.5) is 11.5 Å². The lowest BCUT2D eigenvalue weighted by atomic mass is 10.2. The summed E-state index contributed by atoms with van der Waals surface area (Å²) in [7, 11) is -0.171.